The van der Waals surface area contributed by atoms with Gasteiger partial charge in [-0.25, -0.2) is 13.1 Å². The van der Waals surface area contributed by atoms with Crippen LogP contribution in [0.1, 0.15) is 33.3 Å². The predicted octanol–water partition coefficient (Wildman–Crippen LogP) is 3.46. The Labute approximate surface area is 160 Å². The molecule has 0 aromatic heterocycles. The number of nitrogens with one attached hydrogen (secondary N) is 1. The first-order chi connectivity index (χ1) is 12.7. The molecule has 0 radical (unpaired) electrons. The lowest BCUT2D eigenvalue weighted by molar-refractivity contribution is 0.171. The minimum Gasteiger partial charge on any atom is -0.491 e. The fourth-order valence-corrected chi connectivity index (χ4v) is 4.26. The van der Waals surface area contributed by atoms with Crippen molar-refractivity contribution in [3.8, 4) is 17.2 Å². The fraction of sp³-hybridized carbons (Fsp3) is 0.400. The minimum atomic E-state index is -3.71. The van der Waals surface area contributed by atoms with Gasteiger partial charge in [-0.15, -0.1) is 0 Å². The van der Waals surface area contributed by atoms with Gasteiger partial charge < -0.3 is 14.2 Å². The third kappa shape index (κ3) is 4.54. The number of sulfonamides is 1. The number of ether oxygens (including phenoxy) is 3. The highest BCUT2D eigenvalue weighted by atomic mass is 32.2. The lowest BCUT2D eigenvalue weighted by Gasteiger charge is -2.28. The third-order valence-corrected chi connectivity index (χ3v) is 5.83. The maximum Gasteiger partial charge on any atom is 0.241 e. The van der Waals surface area contributed by atoms with Gasteiger partial charge in [-0.2, -0.15) is 0 Å². The number of fused-ring (bicyclic) bond motifs is 1. The van der Waals surface area contributed by atoms with Crippen molar-refractivity contribution < 1.29 is 22.6 Å². The summed E-state index contributed by atoms with van der Waals surface area (Å²) in [5.74, 6) is 1.93. The van der Waals surface area contributed by atoms with Crippen molar-refractivity contribution in [2.75, 3.05) is 13.2 Å². The van der Waals surface area contributed by atoms with Gasteiger partial charge in [0, 0.05) is 0 Å². The van der Waals surface area contributed by atoms with Crippen molar-refractivity contribution >= 4 is 10.0 Å². The Morgan fingerprint density at radius 2 is 1.63 bits per heavy atom. The Hall–Kier alpha value is -2.25. The van der Waals surface area contributed by atoms with Crippen LogP contribution in [0.15, 0.2) is 47.4 Å². The molecule has 0 fully saturated rings. The van der Waals surface area contributed by atoms with E-state index in [1.807, 2.05) is 39.8 Å². The fourth-order valence-electron chi connectivity index (χ4n) is 2.86. The number of benzene rings is 2. The Balaban J connectivity index is 1.81. The Morgan fingerprint density at radius 1 is 1.00 bits per heavy atom. The van der Waals surface area contributed by atoms with Crippen molar-refractivity contribution in [1.82, 2.24) is 4.72 Å². The second-order valence-corrected chi connectivity index (χ2v) is 8.91. The molecular weight excluding hydrogens is 366 g/mol. The van der Waals surface area contributed by atoms with Gasteiger partial charge in [0.2, 0.25) is 10.0 Å². The molecule has 1 aliphatic heterocycles. The third-order valence-electron chi connectivity index (χ3n) is 4.16. The average Bonchev–Trinajstić information content (AvgIpc) is 2.60. The molecule has 0 saturated carbocycles. The van der Waals surface area contributed by atoms with Crippen molar-refractivity contribution in [2.45, 2.75) is 44.2 Å². The van der Waals surface area contributed by atoms with E-state index in [2.05, 4.69) is 4.72 Å². The van der Waals surface area contributed by atoms with Gasteiger partial charge in [-0.05, 0) is 69.7 Å². The molecule has 0 spiro atoms. The largest absolute Gasteiger partial charge is 0.491 e. The van der Waals surface area contributed by atoms with E-state index in [1.165, 1.54) is 0 Å². The molecule has 0 saturated heterocycles. The van der Waals surface area contributed by atoms with E-state index in [0.717, 1.165) is 5.56 Å². The van der Waals surface area contributed by atoms with E-state index in [4.69, 9.17) is 14.2 Å². The highest BCUT2D eigenvalue weighted by Gasteiger charge is 2.29. The van der Waals surface area contributed by atoms with E-state index in [1.54, 1.807) is 30.3 Å². The van der Waals surface area contributed by atoms with Gasteiger partial charge in [-0.3, -0.25) is 0 Å². The van der Waals surface area contributed by atoms with Gasteiger partial charge in [0.25, 0.3) is 0 Å². The highest BCUT2D eigenvalue weighted by Crippen LogP contribution is 2.35. The van der Waals surface area contributed by atoms with E-state index in [9.17, 15) is 8.42 Å². The molecule has 6 nitrogen and oxygen atoms in total. The maximum absolute atomic E-state index is 12.8. The zero-order valence-corrected chi connectivity index (χ0v) is 16.8. The first-order valence-corrected chi connectivity index (χ1v) is 10.4. The van der Waals surface area contributed by atoms with Crippen LogP contribution in [0, 0.1) is 0 Å². The van der Waals surface area contributed by atoms with Crippen LogP contribution >= 0.6 is 0 Å². The smallest absolute Gasteiger partial charge is 0.241 e. The van der Waals surface area contributed by atoms with E-state index in [0.29, 0.717) is 30.5 Å². The monoisotopic (exact) mass is 391 g/mol. The van der Waals surface area contributed by atoms with Gasteiger partial charge in [0.1, 0.15) is 19.0 Å². The molecule has 3 rings (SSSR count). The molecule has 1 N–H and O–H groups in total. The van der Waals surface area contributed by atoms with Gasteiger partial charge >= 0.3 is 0 Å². The summed E-state index contributed by atoms with van der Waals surface area (Å²) >= 11 is 0. The standard InChI is InChI=1S/C20H25NO5S/c1-14(2)26-16-6-8-17(9-7-16)27(22,23)21-20(3,4)15-5-10-18-19(13-15)25-12-11-24-18/h5-10,13-14,21H,11-12H2,1-4H3. The summed E-state index contributed by atoms with van der Waals surface area (Å²) in [7, 11) is -3.71. The van der Waals surface area contributed by atoms with Gasteiger partial charge in [0.15, 0.2) is 11.5 Å². The van der Waals surface area contributed by atoms with Crippen LogP contribution in [0.5, 0.6) is 17.2 Å². The van der Waals surface area contributed by atoms with Crippen LogP contribution in [0.2, 0.25) is 0 Å². The molecular formula is C20H25NO5S. The van der Waals surface area contributed by atoms with Crippen molar-refractivity contribution in [2.24, 2.45) is 0 Å². The molecule has 0 unspecified atom stereocenters. The van der Waals surface area contributed by atoms with Crippen LogP contribution in [0.3, 0.4) is 0 Å². The predicted molar refractivity (Wildman–Crippen MR) is 103 cm³/mol. The minimum absolute atomic E-state index is 0.0275. The highest BCUT2D eigenvalue weighted by molar-refractivity contribution is 7.89. The molecule has 0 amide bonds. The molecule has 0 aliphatic carbocycles. The van der Waals surface area contributed by atoms with Crippen molar-refractivity contribution in [1.29, 1.82) is 0 Å². The first-order valence-electron chi connectivity index (χ1n) is 8.88. The lowest BCUT2D eigenvalue weighted by Crippen LogP contribution is -2.41. The first kappa shape index (κ1) is 19.5. The summed E-state index contributed by atoms with van der Waals surface area (Å²) in [5.41, 5.74) is -0.0445. The van der Waals surface area contributed by atoms with Gasteiger partial charge in [-0.1, -0.05) is 6.07 Å². The summed E-state index contributed by atoms with van der Waals surface area (Å²) in [6.07, 6.45) is 0.0275. The van der Waals surface area contributed by atoms with Gasteiger partial charge in [0.05, 0.1) is 16.5 Å². The second kappa shape index (κ2) is 7.40. The number of hydrogen-bond acceptors (Lipinski definition) is 5. The molecule has 146 valence electrons. The van der Waals surface area contributed by atoms with Crippen LogP contribution in [-0.2, 0) is 15.6 Å². The SMILES string of the molecule is CC(C)Oc1ccc(S(=O)(=O)NC(C)(C)c2ccc3c(c2)OCCO3)cc1. The Bertz CT molecular complexity index is 904. The normalized spacial score (nSPS) is 14.3. The number of rotatable bonds is 6. The van der Waals surface area contributed by atoms with Crippen LogP contribution < -0.4 is 18.9 Å². The maximum atomic E-state index is 12.8. The van der Waals surface area contributed by atoms with E-state index in [-0.39, 0.29) is 11.0 Å². The van der Waals surface area contributed by atoms with Crippen LogP contribution in [0.25, 0.3) is 0 Å². The Morgan fingerprint density at radius 3 is 2.26 bits per heavy atom. The quantitative estimate of drug-likeness (QED) is 0.816. The average molecular weight is 391 g/mol. The molecule has 2 aromatic carbocycles. The van der Waals surface area contributed by atoms with E-state index >= 15 is 0 Å². The molecule has 0 bridgehead atoms. The zero-order chi connectivity index (χ0) is 19.7. The second-order valence-electron chi connectivity index (χ2n) is 7.23. The van der Waals surface area contributed by atoms with Crippen LogP contribution in [0.4, 0.5) is 0 Å². The molecule has 2 aromatic rings. The van der Waals surface area contributed by atoms with E-state index < -0.39 is 15.6 Å². The summed E-state index contributed by atoms with van der Waals surface area (Å²) in [6, 6.07) is 11.9. The molecule has 7 heteroatoms. The summed E-state index contributed by atoms with van der Waals surface area (Å²) in [5, 5.41) is 0. The van der Waals surface area contributed by atoms with Crippen molar-refractivity contribution in [3.63, 3.8) is 0 Å². The topological polar surface area (TPSA) is 73.9 Å². The summed E-state index contributed by atoms with van der Waals surface area (Å²) in [4.78, 5) is 0.184. The lowest BCUT2D eigenvalue weighted by atomic mass is 9.95. The molecule has 0 atom stereocenters. The van der Waals surface area contributed by atoms with Crippen LogP contribution in [-0.4, -0.2) is 27.7 Å². The molecule has 27 heavy (non-hydrogen) atoms. The number of hydrogen-bond donors (Lipinski definition) is 1. The summed E-state index contributed by atoms with van der Waals surface area (Å²) < 4.78 is 45.1. The zero-order valence-electron chi connectivity index (χ0n) is 16.0. The molecule has 1 aliphatic rings. The Kier molecular flexibility index (Phi) is 5.35. The summed E-state index contributed by atoms with van der Waals surface area (Å²) in [6.45, 7) is 8.45. The molecule has 1 heterocycles. The van der Waals surface area contributed by atoms with Crippen molar-refractivity contribution in [3.05, 3.63) is 48.0 Å².